The van der Waals surface area contributed by atoms with Crippen LogP contribution in [0.4, 0.5) is 13.2 Å². The normalized spacial score (nSPS) is 13.9. The molecule has 2 heterocycles. The van der Waals surface area contributed by atoms with E-state index in [9.17, 15) is 23.2 Å². The molecule has 1 fully saturated rings. The van der Waals surface area contributed by atoms with E-state index < -0.39 is 17.6 Å². The van der Waals surface area contributed by atoms with Gasteiger partial charge in [0.1, 0.15) is 5.69 Å². The van der Waals surface area contributed by atoms with Gasteiger partial charge >= 0.3 is 6.18 Å². The Balaban J connectivity index is 1.77. The van der Waals surface area contributed by atoms with Gasteiger partial charge in [0.25, 0.3) is 5.91 Å². The van der Waals surface area contributed by atoms with Gasteiger partial charge in [0.05, 0.1) is 35.0 Å². The minimum atomic E-state index is -4.65. The van der Waals surface area contributed by atoms with Crippen molar-refractivity contribution in [2.45, 2.75) is 31.5 Å². The SMILES string of the molecule is N#Cc1cc(C(=O)NCc2ccccn2)nc2c(C(F)(F)F)cc(C3CC3)cc12. The topological polar surface area (TPSA) is 78.7 Å². The van der Waals surface area contributed by atoms with E-state index in [0.29, 0.717) is 11.3 Å². The molecule has 0 atom stereocenters. The minimum absolute atomic E-state index is 0.00835. The molecule has 5 nitrogen and oxygen atoms in total. The van der Waals surface area contributed by atoms with E-state index in [1.807, 2.05) is 6.07 Å². The molecule has 8 heteroatoms. The molecule has 0 spiro atoms. The largest absolute Gasteiger partial charge is 0.418 e. The molecule has 3 aromatic rings. The van der Waals surface area contributed by atoms with Gasteiger partial charge in [0, 0.05) is 11.6 Å². The van der Waals surface area contributed by atoms with Gasteiger partial charge in [-0.2, -0.15) is 18.4 Å². The number of nitrogens with one attached hydrogen (secondary N) is 1. The lowest BCUT2D eigenvalue weighted by molar-refractivity contribution is -0.136. The van der Waals surface area contributed by atoms with Crippen LogP contribution in [0, 0.1) is 11.3 Å². The van der Waals surface area contributed by atoms with Gasteiger partial charge in [-0.1, -0.05) is 6.07 Å². The van der Waals surface area contributed by atoms with Crippen molar-refractivity contribution in [1.82, 2.24) is 15.3 Å². The molecule has 1 saturated carbocycles. The van der Waals surface area contributed by atoms with Crippen molar-refractivity contribution in [2.75, 3.05) is 0 Å². The third kappa shape index (κ3) is 3.90. The maximum Gasteiger partial charge on any atom is 0.418 e. The third-order valence-corrected chi connectivity index (χ3v) is 4.80. The molecule has 0 aliphatic heterocycles. The highest BCUT2D eigenvalue weighted by molar-refractivity contribution is 5.97. The number of carbonyl (C=O) groups is 1. The molecular weight excluding hydrogens is 381 g/mol. The first-order chi connectivity index (χ1) is 13.9. The number of hydrogen-bond donors (Lipinski definition) is 1. The second kappa shape index (κ2) is 7.17. The van der Waals surface area contributed by atoms with Gasteiger partial charge < -0.3 is 5.32 Å². The summed E-state index contributed by atoms with van der Waals surface area (Å²) in [5, 5.41) is 12.2. The van der Waals surface area contributed by atoms with Gasteiger partial charge in [-0.05, 0) is 54.7 Å². The van der Waals surface area contributed by atoms with E-state index in [0.717, 1.165) is 18.9 Å². The highest BCUT2D eigenvalue weighted by Crippen LogP contribution is 2.44. The first-order valence-electron chi connectivity index (χ1n) is 9.01. The van der Waals surface area contributed by atoms with Gasteiger partial charge in [-0.3, -0.25) is 9.78 Å². The first-order valence-corrected chi connectivity index (χ1v) is 9.01. The van der Waals surface area contributed by atoms with E-state index in [4.69, 9.17) is 0 Å². The zero-order chi connectivity index (χ0) is 20.6. The number of alkyl halides is 3. The zero-order valence-electron chi connectivity index (χ0n) is 15.1. The molecule has 29 heavy (non-hydrogen) atoms. The quantitative estimate of drug-likeness (QED) is 0.712. The van der Waals surface area contributed by atoms with Crippen LogP contribution >= 0.6 is 0 Å². The molecular formula is C21H15F3N4O. The highest BCUT2D eigenvalue weighted by atomic mass is 19.4. The van der Waals surface area contributed by atoms with Crippen LogP contribution in [-0.2, 0) is 12.7 Å². The third-order valence-electron chi connectivity index (χ3n) is 4.80. The monoisotopic (exact) mass is 396 g/mol. The Labute approximate surface area is 164 Å². The Morgan fingerprint density at radius 3 is 2.66 bits per heavy atom. The van der Waals surface area contributed by atoms with Crippen LogP contribution in [0.15, 0.2) is 42.6 Å². The number of halogens is 3. The maximum atomic E-state index is 13.7. The molecule has 2 aromatic heterocycles. The fourth-order valence-corrected chi connectivity index (χ4v) is 3.19. The van der Waals surface area contributed by atoms with E-state index in [2.05, 4.69) is 15.3 Å². The van der Waals surface area contributed by atoms with Crippen molar-refractivity contribution >= 4 is 16.8 Å². The molecule has 1 aromatic carbocycles. The lowest BCUT2D eigenvalue weighted by Gasteiger charge is -2.14. The lowest BCUT2D eigenvalue weighted by Crippen LogP contribution is -2.24. The van der Waals surface area contributed by atoms with Crippen LogP contribution in [0.3, 0.4) is 0 Å². The van der Waals surface area contributed by atoms with Crippen molar-refractivity contribution < 1.29 is 18.0 Å². The molecule has 1 N–H and O–H groups in total. The molecule has 1 aliphatic rings. The van der Waals surface area contributed by atoms with Gasteiger partial charge in [0.2, 0.25) is 0 Å². The molecule has 1 aliphatic carbocycles. The van der Waals surface area contributed by atoms with Crippen LogP contribution in [0.1, 0.15) is 51.6 Å². The van der Waals surface area contributed by atoms with Gasteiger partial charge in [0.15, 0.2) is 0 Å². The molecule has 0 bridgehead atoms. The lowest BCUT2D eigenvalue weighted by atomic mass is 9.98. The standard InChI is InChI=1S/C21H15F3N4O/c22-21(23,24)17-8-13(12-4-5-12)7-16-14(10-25)9-18(28-19(16)17)20(29)27-11-15-3-1-2-6-26-15/h1-3,6-9,12H,4-5,11H2,(H,27,29). The number of benzene rings is 1. The number of rotatable bonds is 4. The van der Waals surface area contributed by atoms with Crippen LogP contribution in [0.2, 0.25) is 0 Å². The molecule has 0 saturated heterocycles. The molecule has 1 amide bonds. The van der Waals surface area contributed by atoms with Crippen molar-refractivity contribution in [3.8, 4) is 6.07 Å². The molecule has 0 radical (unpaired) electrons. The number of aromatic nitrogens is 2. The average Bonchev–Trinajstić information content (AvgIpc) is 3.55. The van der Waals surface area contributed by atoms with E-state index >= 15 is 0 Å². The van der Waals surface area contributed by atoms with Gasteiger partial charge in [-0.15, -0.1) is 0 Å². The fourth-order valence-electron chi connectivity index (χ4n) is 3.19. The number of carbonyl (C=O) groups excluding carboxylic acids is 1. The Morgan fingerprint density at radius 2 is 2.03 bits per heavy atom. The Morgan fingerprint density at radius 1 is 1.24 bits per heavy atom. The maximum absolute atomic E-state index is 13.7. The number of nitrogens with zero attached hydrogens (tertiary/aromatic N) is 3. The number of fused-ring (bicyclic) bond motifs is 1. The number of hydrogen-bond acceptors (Lipinski definition) is 4. The van der Waals surface area contributed by atoms with Gasteiger partial charge in [-0.25, -0.2) is 4.98 Å². The average molecular weight is 396 g/mol. The van der Waals surface area contributed by atoms with Crippen LogP contribution in [0.5, 0.6) is 0 Å². The Hall–Kier alpha value is -3.47. The van der Waals surface area contributed by atoms with Crippen molar-refractivity contribution in [2.24, 2.45) is 0 Å². The summed E-state index contributed by atoms with van der Waals surface area (Å²) in [6, 6.07) is 11.0. The van der Waals surface area contributed by atoms with Crippen molar-refractivity contribution in [3.63, 3.8) is 0 Å². The predicted octanol–water partition coefficient (Wildman–Crippen LogP) is 4.33. The Bertz CT molecular complexity index is 1130. The van der Waals surface area contributed by atoms with Crippen molar-refractivity contribution in [1.29, 1.82) is 5.26 Å². The number of pyridine rings is 2. The van der Waals surface area contributed by atoms with Crippen LogP contribution in [0.25, 0.3) is 10.9 Å². The van der Waals surface area contributed by atoms with E-state index in [1.54, 1.807) is 30.5 Å². The minimum Gasteiger partial charge on any atom is -0.345 e. The molecule has 4 rings (SSSR count). The number of amides is 1. The summed E-state index contributed by atoms with van der Waals surface area (Å²) < 4.78 is 41.1. The first kappa shape index (κ1) is 18.9. The summed E-state index contributed by atoms with van der Waals surface area (Å²) in [7, 11) is 0. The fraction of sp³-hybridized carbons (Fsp3) is 0.238. The molecule has 0 unspecified atom stereocenters. The summed E-state index contributed by atoms with van der Waals surface area (Å²) in [5.74, 6) is -0.596. The predicted molar refractivity (Wildman–Crippen MR) is 98.8 cm³/mol. The summed E-state index contributed by atoms with van der Waals surface area (Å²) in [6.07, 6.45) is -1.43. The smallest absolute Gasteiger partial charge is 0.345 e. The highest BCUT2D eigenvalue weighted by Gasteiger charge is 2.36. The zero-order valence-corrected chi connectivity index (χ0v) is 15.1. The summed E-state index contributed by atoms with van der Waals surface area (Å²) in [5.41, 5.74) is -0.417. The van der Waals surface area contributed by atoms with E-state index in [1.165, 1.54) is 6.07 Å². The summed E-state index contributed by atoms with van der Waals surface area (Å²) in [6.45, 7) is 0.0913. The van der Waals surface area contributed by atoms with Crippen LogP contribution < -0.4 is 5.32 Å². The Kier molecular flexibility index (Phi) is 4.66. The molecule has 146 valence electrons. The second-order valence-electron chi connectivity index (χ2n) is 6.91. The van der Waals surface area contributed by atoms with Crippen molar-refractivity contribution in [3.05, 3.63) is 70.7 Å². The summed E-state index contributed by atoms with van der Waals surface area (Å²) in [4.78, 5) is 20.5. The van der Waals surface area contributed by atoms with Crippen LogP contribution in [-0.4, -0.2) is 15.9 Å². The summed E-state index contributed by atoms with van der Waals surface area (Å²) >= 11 is 0. The van der Waals surface area contributed by atoms with E-state index in [-0.39, 0.29) is 34.6 Å². The second-order valence-corrected chi connectivity index (χ2v) is 6.91. The number of nitriles is 1.